The topological polar surface area (TPSA) is 56.8 Å². The van der Waals surface area contributed by atoms with Crippen LogP contribution in [0.5, 0.6) is 0 Å². The molecule has 5 nitrogen and oxygen atoms in total. The Morgan fingerprint density at radius 1 is 1.19 bits per heavy atom. The molecule has 0 radical (unpaired) electrons. The summed E-state index contributed by atoms with van der Waals surface area (Å²) in [5.41, 5.74) is 1.09. The predicted molar refractivity (Wildman–Crippen MR) is 91.3 cm³/mol. The Labute approximate surface area is 137 Å². The molecule has 2 N–H and O–H groups in total. The number of aromatic amines is 1. The Bertz CT molecular complexity index is 609. The summed E-state index contributed by atoms with van der Waals surface area (Å²) < 4.78 is 1.23. The summed E-state index contributed by atoms with van der Waals surface area (Å²) in [6.07, 6.45) is 2.61. The van der Waals surface area contributed by atoms with Crippen LogP contribution in [-0.2, 0) is 0 Å². The molecule has 110 valence electrons. The Hall–Kier alpha value is -1.15. The number of nitrogens with one attached hydrogen (secondary N) is 2. The number of aromatic nitrogens is 3. The Balaban J connectivity index is 1.53. The van der Waals surface area contributed by atoms with Crippen molar-refractivity contribution in [1.29, 1.82) is 0 Å². The lowest BCUT2D eigenvalue weighted by molar-refractivity contribution is 0.340. The fourth-order valence-corrected chi connectivity index (χ4v) is 3.70. The molecule has 2 saturated heterocycles. The maximum atomic E-state index is 4.68. The zero-order valence-electron chi connectivity index (χ0n) is 11.7. The van der Waals surface area contributed by atoms with Crippen LogP contribution < -0.4 is 10.2 Å². The number of anilines is 1. The molecule has 0 saturated carbocycles. The number of rotatable bonds is 2. The first-order valence-corrected chi connectivity index (χ1v) is 8.54. The smallest absolute Gasteiger partial charge is 0.245 e. The summed E-state index contributed by atoms with van der Waals surface area (Å²) in [5.74, 6) is 2.43. The monoisotopic (exact) mass is 395 g/mol. The van der Waals surface area contributed by atoms with Crippen molar-refractivity contribution in [2.45, 2.75) is 18.9 Å². The number of piperidine rings is 1. The Kier molecular flexibility index (Phi) is 3.58. The minimum atomic E-state index is 0.610. The molecule has 1 aromatic heterocycles. The molecule has 0 spiro atoms. The van der Waals surface area contributed by atoms with Crippen LogP contribution in [0.1, 0.15) is 12.8 Å². The zero-order chi connectivity index (χ0) is 14.2. The SMILES string of the molecule is Ic1ccc(-c2nc(N3CC4CCCNC4C3)n[nH]2)cc1. The highest BCUT2D eigenvalue weighted by Crippen LogP contribution is 2.28. The van der Waals surface area contributed by atoms with Crippen molar-refractivity contribution >= 4 is 28.5 Å². The summed E-state index contributed by atoms with van der Waals surface area (Å²) in [6, 6.07) is 8.95. The third kappa shape index (κ3) is 2.66. The Morgan fingerprint density at radius 2 is 2.05 bits per heavy atom. The molecule has 6 heteroatoms. The minimum absolute atomic E-state index is 0.610. The van der Waals surface area contributed by atoms with Gasteiger partial charge in [0.2, 0.25) is 5.95 Å². The highest BCUT2D eigenvalue weighted by molar-refractivity contribution is 14.1. The highest BCUT2D eigenvalue weighted by atomic mass is 127. The quantitative estimate of drug-likeness (QED) is 0.767. The molecule has 2 unspecified atom stereocenters. The number of hydrogen-bond donors (Lipinski definition) is 2. The fourth-order valence-electron chi connectivity index (χ4n) is 3.34. The largest absolute Gasteiger partial charge is 0.338 e. The molecule has 0 aliphatic carbocycles. The third-order valence-electron chi connectivity index (χ3n) is 4.47. The van der Waals surface area contributed by atoms with Crippen LogP contribution in [0.15, 0.2) is 24.3 Å². The second kappa shape index (κ2) is 5.57. The van der Waals surface area contributed by atoms with E-state index >= 15 is 0 Å². The van der Waals surface area contributed by atoms with Gasteiger partial charge in [0.15, 0.2) is 5.82 Å². The van der Waals surface area contributed by atoms with Crippen molar-refractivity contribution in [3.8, 4) is 11.4 Å². The van der Waals surface area contributed by atoms with Gasteiger partial charge in [-0.05, 0) is 60.0 Å². The second-order valence-electron chi connectivity index (χ2n) is 5.86. The van der Waals surface area contributed by atoms with Gasteiger partial charge in [-0.3, -0.25) is 5.10 Å². The molecular weight excluding hydrogens is 377 g/mol. The van der Waals surface area contributed by atoms with Gasteiger partial charge in [0.05, 0.1) is 0 Å². The fraction of sp³-hybridized carbons (Fsp3) is 0.467. The van der Waals surface area contributed by atoms with Crippen molar-refractivity contribution < 1.29 is 0 Å². The number of halogens is 1. The average molecular weight is 395 g/mol. The van der Waals surface area contributed by atoms with E-state index in [2.05, 4.69) is 72.3 Å². The van der Waals surface area contributed by atoms with Gasteiger partial charge in [-0.25, -0.2) is 0 Å². The van der Waals surface area contributed by atoms with E-state index in [1.54, 1.807) is 0 Å². The van der Waals surface area contributed by atoms with Gasteiger partial charge in [0, 0.05) is 28.3 Å². The van der Waals surface area contributed by atoms with E-state index in [4.69, 9.17) is 0 Å². The van der Waals surface area contributed by atoms with Crippen LogP contribution in [0.3, 0.4) is 0 Å². The lowest BCUT2D eigenvalue weighted by atomic mass is 9.94. The summed E-state index contributed by atoms with van der Waals surface area (Å²) >= 11 is 2.31. The second-order valence-corrected chi connectivity index (χ2v) is 7.10. The molecule has 2 aromatic rings. The number of hydrogen-bond acceptors (Lipinski definition) is 4. The van der Waals surface area contributed by atoms with Crippen LogP contribution in [0, 0.1) is 9.49 Å². The maximum Gasteiger partial charge on any atom is 0.245 e. The molecule has 1 aromatic carbocycles. The van der Waals surface area contributed by atoms with Crippen molar-refractivity contribution in [2.75, 3.05) is 24.5 Å². The molecule has 21 heavy (non-hydrogen) atoms. The van der Waals surface area contributed by atoms with Gasteiger partial charge in [-0.15, -0.1) is 5.10 Å². The molecule has 3 heterocycles. The van der Waals surface area contributed by atoms with E-state index in [-0.39, 0.29) is 0 Å². The number of nitrogens with zero attached hydrogens (tertiary/aromatic N) is 3. The standard InChI is InChI=1S/C15H18IN5/c16-12-5-3-10(4-6-12)14-18-15(20-19-14)21-8-11-2-1-7-17-13(11)9-21/h3-6,11,13,17H,1-2,7-9H2,(H,18,19,20). The van der Waals surface area contributed by atoms with Gasteiger partial charge in [0.1, 0.15) is 0 Å². The predicted octanol–water partition coefficient (Wildman–Crippen LogP) is 2.26. The number of fused-ring (bicyclic) bond motifs is 1. The number of benzene rings is 1. The van der Waals surface area contributed by atoms with Crippen molar-refractivity contribution in [3.63, 3.8) is 0 Å². The van der Waals surface area contributed by atoms with E-state index < -0.39 is 0 Å². The summed E-state index contributed by atoms with van der Waals surface area (Å²) in [5, 5.41) is 11.1. The summed E-state index contributed by atoms with van der Waals surface area (Å²) in [7, 11) is 0. The van der Waals surface area contributed by atoms with Gasteiger partial charge >= 0.3 is 0 Å². The van der Waals surface area contributed by atoms with E-state index in [1.807, 2.05) is 0 Å². The molecule has 2 atom stereocenters. The van der Waals surface area contributed by atoms with Crippen molar-refractivity contribution in [2.24, 2.45) is 5.92 Å². The molecule has 2 aliphatic rings. The van der Waals surface area contributed by atoms with Gasteiger partial charge < -0.3 is 10.2 Å². The van der Waals surface area contributed by atoms with Crippen LogP contribution >= 0.6 is 22.6 Å². The molecule has 4 rings (SSSR count). The first-order valence-electron chi connectivity index (χ1n) is 7.46. The van der Waals surface area contributed by atoms with Gasteiger partial charge in [-0.1, -0.05) is 12.1 Å². The van der Waals surface area contributed by atoms with Crippen LogP contribution in [-0.4, -0.2) is 40.9 Å². The van der Waals surface area contributed by atoms with E-state index in [0.717, 1.165) is 42.9 Å². The van der Waals surface area contributed by atoms with E-state index in [1.165, 1.54) is 16.4 Å². The van der Waals surface area contributed by atoms with Gasteiger partial charge in [-0.2, -0.15) is 4.98 Å². The minimum Gasteiger partial charge on any atom is -0.338 e. The Morgan fingerprint density at radius 3 is 2.86 bits per heavy atom. The lowest BCUT2D eigenvalue weighted by Gasteiger charge is -2.24. The van der Waals surface area contributed by atoms with Crippen molar-refractivity contribution in [1.82, 2.24) is 20.5 Å². The zero-order valence-corrected chi connectivity index (χ0v) is 13.9. The third-order valence-corrected chi connectivity index (χ3v) is 5.19. The summed E-state index contributed by atoms with van der Waals surface area (Å²) in [4.78, 5) is 6.98. The van der Waals surface area contributed by atoms with Crippen LogP contribution in [0.2, 0.25) is 0 Å². The lowest BCUT2D eigenvalue weighted by Crippen LogP contribution is -2.40. The first-order chi connectivity index (χ1) is 10.3. The maximum absolute atomic E-state index is 4.68. The molecule has 0 amide bonds. The van der Waals surface area contributed by atoms with E-state index in [9.17, 15) is 0 Å². The van der Waals surface area contributed by atoms with Crippen LogP contribution in [0.4, 0.5) is 5.95 Å². The highest BCUT2D eigenvalue weighted by Gasteiger charge is 2.35. The molecule has 2 aliphatic heterocycles. The number of H-pyrrole nitrogens is 1. The first kappa shape index (κ1) is 13.5. The van der Waals surface area contributed by atoms with Crippen molar-refractivity contribution in [3.05, 3.63) is 27.8 Å². The van der Waals surface area contributed by atoms with Crippen LogP contribution in [0.25, 0.3) is 11.4 Å². The normalized spacial score (nSPS) is 25.1. The van der Waals surface area contributed by atoms with E-state index in [0.29, 0.717) is 6.04 Å². The van der Waals surface area contributed by atoms with Gasteiger partial charge in [0.25, 0.3) is 0 Å². The molecule has 2 fully saturated rings. The molecular formula is C15H18IN5. The summed E-state index contributed by atoms with van der Waals surface area (Å²) in [6.45, 7) is 3.24. The average Bonchev–Trinajstić information content (AvgIpc) is 3.14. The molecule has 0 bridgehead atoms.